The summed E-state index contributed by atoms with van der Waals surface area (Å²) in [6, 6.07) is 8.58. The van der Waals surface area contributed by atoms with Crippen LogP contribution in [0.15, 0.2) is 42.3 Å². The number of ketones is 1. The van der Waals surface area contributed by atoms with Crippen LogP contribution in [0.5, 0.6) is 0 Å². The van der Waals surface area contributed by atoms with E-state index in [9.17, 15) is 9.59 Å². The first-order chi connectivity index (χ1) is 8.66. The minimum absolute atomic E-state index is 0.0873. The number of allylic oxidation sites excluding steroid dienone is 1. The zero-order valence-corrected chi connectivity index (χ0v) is 9.63. The molecule has 1 unspecified atom stereocenters. The molecule has 0 radical (unpaired) electrons. The van der Waals surface area contributed by atoms with Crippen LogP contribution >= 0.6 is 0 Å². The SMILES string of the molecule is O=C1CC(C(=O)O)NC=C1OCc1ccccc1. The molecule has 0 aromatic heterocycles. The first kappa shape index (κ1) is 12.2. The number of aliphatic carboxylic acids is 1. The molecule has 2 rings (SSSR count). The van der Waals surface area contributed by atoms with Crippen LogP contribution in [0.1, 0.15) is 12.0 Å². The molecule has 5 heteroatoms. The lowest BCUT2D eigenvalue weighted by Crippen LogP contribution is -2.39. The van der Waals surface area contributed by atoms with Crippen LogP contribution in [0.3, 0.4) is 0 Å². The first-order valence-electron chi connectivity index (χ1n) is 5.56. The largest absolute Gasteiger partial charge is 0.484 e. The summed E-state index contributed by atoms with van der Waals surface area (Å²) < 4.78 is 5.37. The number of rotatable bonds is 4. The molecule has 0 aliphatic carbocycles. The van der Waals surface area contributed by atoms with E-state index in [1.54, 1.807) is 0 Å². The number of carboxylic acids is 1. The Morgan fingerprint density at radius 1 is 1.39 bits per heavy atom. The van der Waals surface area contributed by atoms with Crippen molar-refractivity contribution in [1.82, 2.24) is 5.32 Å². The molecule has 18 heavy (non-hydrogen) atoms. The Kier molecular flexibility index (Phi) is 3.62. The summed E-state index contributed by atoms with van der Waals surface area (Å²) >= 11 is 0. The lowest BCUT2D eigenvalue weighted by atomic mass is 10.1. The van der Waals surface area contributed by atoms with Gasteiger partial charge in [0.2, 0.25) is 5.78 Å². The quantitative estimate of drug-likeness (QED) is 0.832. The monoisotopic (exact) mass is 247 g/mol. The first-order valence-corrected chi connectivity index (χ1v) is 5.56. The van der Waals surface area contributed by atoms with E-state index in [0.717, 1.165) is 5.56 Å². The van der Waals surface area contributed by atoms with Crippen molar-refractivity contribution >= 4 is 11.8 Å². The van der Waals surface area contributed by atoms with Crippen molar-refractivity contribution in [1.29, 1.82) is 0 Å². The summed E-state index contributed by atoms with van der Waals surface area (Å²) in [7, 11) is 0. The van der Waals surface area contributed by atoms with E-state index in [4.69, 9.17) is 9.84 Å². The van der Waals surface area contributed by atoms with Crippen molar-refractivity contribution in [2.45, 2.75) is 19.1 Å². The number of carboxylic acid groups (broad SMARTS) is 1. The van der Waals surface area contributed by atoms with Crippen molar-refractivity contribution in [2.75, 3.05) is 0 Å². The van der Waals surface area contributed by atoms with Gasteiger partial charge in [0, 0.05) is 12.6 Å². The van der Waals surface area contributed by atoms with Crippen LogP contribution in [0.25, 0.3) is 0 Å². The average molecular weight is 247 g/mol. The summed E-state index contributed by atoms with van der Waals surface area (Å²) in [4.78, 5) is 22.3. The standard InChI is InChI=1S/C13H13NO4/c15-11-6-10(13(16)17)14-7-12(11)18-8-9-4-2-1-3-5-9/h1-5,7,10,14H,6,8H2,(H,16,17). The summed E-state index contributed by atoms with van der Waals surface area (Å²) in [5, 5.41) is 11.4. The number of hydrogen-bond donors (Lipinski definition) is 2. The van der Waals surface area contributed by atoms with Gasteiger partial charge in [-0.05, 0) is 5.56 Å². The van der Waals surface area contributed by atoms with Gasteiger partial charge in [-0.1, -0.05) is 30.3 Å². The van der Waals surface area contributed by atoms with Crippen molar-refractivity contribution in [3.05, 3.63) is 47.9 Å². The molecule has 0 saturated heterocycles. The van der Waals surface area contributed by atoms with Crippen LogP contribution in [0.4, 0.5) is 0 Å². The van der Waals surface area contributed by atoms with Crippen molar-refractivity contribution in [3.63, 3.8) is 0 Å². The molecule has 0 amide bonds. The van der Waals surface area contributed by atoms with Crippen molar-refractivity contribution in [3.8, 4) is 0 Å². The molecule has 1 aromatic rings. The molecule has 1 aliphatic rings. The molecule has 0 spiro atoms. The van der Waals surface area contributed by atoms with Gasteiger partial charge in [-0.15, -0.1) is 0 Å². The highest BCUT2D eigenvalue weighted by Gasteiger charge is 2.27. The second-order valence-electron chi connectivity index (χ2n) is 3.97. The van der Waals surface area contributed by atoms with E-state index in [2.05, 4.69) is 5.32 Å². The third kappa shape index (κ3) is 2.88. The second-order valence-corrected chi connectivity index (χ2v) is 3.97. The van der Waals surface area contributed by atoms with Crippen LogP contribution in [-0.4, -0.2) is 22.9 Å². The smallest absolute Gasteiger partial charge is 0.326 e. The molecule has 1 atom stereocenters. The third-order valence-corrected chi connectivity index (χ3v) is 2.62. The molecule has 0 fully saturated rings. The van der Waals surface area contributed by atoms with Gasteiger partial charge in [0.1, 0.15) is 12.6 Å². The molecule has 5 nitrogen and oxygen atoms in total. The molecule has 0 saturated carbocycles. The van der Waals surface area contributed by atoms with Gasteiger partial charge >= 0.3 is 5.97 Å². The Balaban J connectivity index is 1.94. The fraction of sp³-hybridized carbons (Fsp3) is 0.231. The number of nitrogens with one attached hydrogen (secondary N) is 1. The van der Waals surface area contributed by atoms with Gasteiger partial charge in [0.05, 0.1) is 0 Å². The summed E-state index contributed by atoms with van der Waals surface area (Å²) in [5.74, 6) is -1.16. The molecule has 94 valence electrons. The third-order valence-electron chi connectivity index (χ3n) is 2.62. The van der Waals surface area contributed by atoms with Crippen LogP contribution < -0.4 is 5.32 Å². The fourth-order valence-electron chi connectivity index (χ4n) is 1.62. The van der Waals surface area contributed by atoms with Crippen LogP contribution in [0, 0.1) is 0 Å². The second kappa shape index (κ2) is 5.35. The Bertz CT molecular complexity index is 481. The Morgan fingerprint density at radius 2 is 2.11 bits per heavy atom. The summed E-state index contributed by atoms with van der Waals surface area (Å²) in [5.41, 5.74) is 0.951. The normalized spacial score (nSPS) is 18.8. The molecule has 1 heterocycles. The highest BCUT2D eigenvalue weighted by atomic mass is 16.5. The Labute approximate surface area is 104 Å². The van der Waals surface area contributed by atoms with E-state index in [-0.39, 0.29) is 24.6 Å². The molecule has 0 bridgehead atoms. The zero-order chi connectivity index (χ0) is 13.0. The van der Waals surface area contributed by atoms with Gasteiger partial charge < -0.3 is 15.2 Å². The van der Waals surface area contributed by atoms with E-state index in [1.807, 2.05) is 30.3 Å². The fourth-order valence-corrected chi connectivity index (χ4v) is 1.62. The number of carbonyl (C=O) groups is 2. The topological polar surface area (TPSA) is 75.6 Å². The highest BCUT2D eigenvalue weighted by Crippen LogP contribution is 2.13. The lowest BCUT2D eigenvalue weighted by molar-refractivity contribution is -0.141. The molecule has 1 aromatic carbocycles. The van der Waals surface area contributed by atoms with Gasteiger partial charge in [-0.3, -0.25) is 4.79 Å². The van der Waals surface area contributed by atoms with Crippen LogP contribution in [0.2, 0.25) is 0 Å². The predicted octanol–water partition coefficient (Wildman–Crippen LogP) is 1.06. The maximum absolute atomic E-state index is 11.6. The van der Waals surface area contributed by atoms with E-state index in [1.165, 1.54) is 6.20 Å². The average Bonchev–Trinajstić information content (AvgIpc) is 2.38. The number of Topliss-reactive ketones (excluding diaryl/α,β-unsaturated/α-hetero) is 1. The Hall–Kier alpha value is -2.30. The Morgan fingerprint density at radius 3 is 2.72 bits per heavy atom. The predicted molar refractivity (Wildman–Crippen MR) is 63.5 cm³/mol. The van der Waals surface area contributed by atoms with E-state index < -0.39 is 12.0 Å². The van der Waals surface area contributed by atoms with Crippen LogP contribution in [-0.2, 0) is 20.9 Å². The number of ether oxygens (including phenoxy) is 1. The zero-order valence-electron chi connectivity index (χ0n) is 9.63. The van der Waals surface area contributed by atoms with Crippen molar-refractivity contribution in [2.24, 2.45) is 0 Å². The minimum Gasteiger partial charge on any atom is -0.484 e. The molecular weight excluding hydrogens is 234 g/mol. The van der Waals surface area contributed by atoms with E-state index >= 15 is 0 Å². The highest BCUT2D eigenvalue weighted by molar-refractivity contribution is 5.97. The van der Waals surface area contributed by atoms with Gasteiger partial charge in [-0.2, -0.15) is 0 Å². The summed E-state index contributed by atoms with van der Waals surface area (Å²) in [6.45, 7) is 0.290. The minimum atomic E-state index is -1.04. The summed E-state index contributed by atoms with van der Waals surface area (Å²) in [6.07, 6.45) is 1.24. The van der Waals surface area contributed by atoms with Gasteiger partial charge in [0.25, 0.3) is 0 Å². The number of hydrogen-bond acceptors (Lipinski definition) is 4. The lowest BCUT2D eigenvalue weighted by Gasteiger charge is -2.19. The molecular formula is C13H13NO4. The molecule has 1 aliphatic heterocycles. The maximum atomic E-state index is 11.6. The molecule has 2 N–H and O–H groups in total. The van der Waals surface area contributed by atoms with E-state index in [0.29, 0.717) is 0 Å². The van der Waals surface area contributed by atoms with Crippen molar-refractivity contribution < 1.29 is 19.4 Å². The van der Waals surface area contributed by atoms with Gasteiger partial charge in [0.15, 0.2) is 5.76 Å². The maximum Gasteiger partial charge on any atom is 0.326 e. The van der Waals surface area contributed by atoms with Gasteiger partial charge in [-0.25, -0.2) is 4.79 Å². The number of carbonyl (C=O) groups excluding carboxylic acids is 1. The number of benzene rings is 1.